The molecule has 0 aliphatic heterocycles. The normalized spacial score (nSPS) is 10.3. The molecule has 0 saturated heterocycles. The zero-order chi connectivity index (χ0) is 20.8. The summed E-state index contributed by atoms with van der Waals surface area (Å²) in [5.41, 5.74) is 3.75. The number of anilines is 1. The lowest BCUT2D eigenvalue weighted by Crippen LogP contribution is -2.36. The van der Waals surface area contributed by atoms with E-state index < -0.39 is 18.3 Å². The van der Waals surface area contributed by atoms with Crippen LogP contribution >= 0.6 is 0 Å². The van der Waals surface area contributed by atoms with E-state index in [9.17, 15) is 18.8 Å². The molecule has 7 heteroatoms. The third-order valence-electron chi connectivity index (χ3n) is 4.07. The van der Waals surface area contributed by atoms with Crippen molar-refractivity contribution in [3.63, 3.8) is 0 Å². The molecule has 2 rings (SSSR count). The van der Waals surface area contributed by atoms with Gasteiger partial charge in [-0.05, 0) is 57.0 Å². The molecular weight excluding hydrogens is 363 g/mol. The smallest absolute Gasteiger partial charge is 0.258 e. The summed E-state index contributed by atoms with van der Waals surface area (Å²) >= 11 is 0. The van der Waals surface area contributed by atoms with Gasteiger partial charge in [-0.2, -0.15) is 0 Å². The Morgan fingerprint density at radius 1 is 1.00 bits per heavy atom. The van der Waals surface area contributed by atoms with Gasteiger partial charge in [0, 0.05) is 5.69 Å². The largest absolute Gasteiger partial charge is 0.483 e. The number of ether oxygens (including phenoxy) is 1. The summed E-state index contributed by atoms with van der Waals surface area (Å²) in [6.07, 6.45) is 0. The molecule has 0 bridgehead atoms. The van der Waals surface area contributed by atoms with Gasteiger partial charge in [0.05, 0.1) is 12.1 Å². The number of Topliss-reactive ketones (excluding diaryl/α,β-unsaturated/α-hetero) is 1. The summed E-state index contributed by atoms with van der Waals surface area (Å²) < 4.78 is 18.5. The van der Waals surface area contributed by atoms with Crippen LogP contribution in [0.25, 0.3) is 0 Å². The number of ketones is 1. The molecule has 0 aliphatic carbocycles. The van der Waals surface area contributed by atoms with Crippen LogP contribution in [-0.4, -0.2) is 30.7 Å². The highest BCUT2D eigenvalue weighted by Gasteiger charge is 2.13. The number of amides is 2. The topological polar surface area (TPSA) is 84.5 Å². The summed E-state index contributed by atoms with van der Waals surface area (Å²) in [5, 5.41) is 5.23. The molecule has 0 fully saturated rings. The number of hydrogen-bond acceptors (Lipinski definition) is 4. The van der Waals surface area contributed by atoms with Crippen LogP contribution < -0.4 is 15.4 Å². The van der Waals surface area contributed by atoms with Gasteiger partial charge in [0.2, 0.25) is 5.91 Å². The van der Waals surface area contributed by atoms with Gasteiger partial charge in [0.25, 0.3) is 5.91 Å². The fourth-order valence-electron chi connectivity index (χ4n) is 2.84. The van der Waals surface area contributed by atoms with E-state index in [1.165, 1.54) is 13.0 Å². The van der Waals surface area contributed by atoms with Gasteiger partial charge >= 0.3 is 0 Å². The average molecular weight is 386 g/mol. The van der Waals surface area contributed by atoms with Crippen LogP contribution in [0.4, 0.5) is 10.1 Å². The summed E-state index contributed by atoms with van der Waals surface area (Å²) in [5.74, 6) is -1.74. The van der Waals surface area contributed by atoms with E-state index in [4.69, 9.17) is 4.74 Å². The Labute approximate surface area is 163 Å². The Morgan fingerprint density at radius 3 is 2.25 bits per heavy atom. The molecule has 148 valence electrons. The van der Waals surface area contributed by atoms with E-state index in [0.717, 1.165) is 34.5 Å². The first-order chi connectivity index (χ1) is 13.2. The van der Waals surface area contributed by atoms with E-state index in [2.05, 4.69) is 10.6 Å². The molecule has 6 nitrogen and oxygen atoms in total. The van der Waals surface area contributed by atoms with Crippen molar-refractivity contribution in [1.29, 1.82) is 0 Å². The minimum absolute atomic E-state index is 0.0517. The Bertz CT molecular complexity index is 902. The van der Waals surface area contributed by atoms with Crippen LogP contribution in [0, 0.1) is 26.6 Å². The summed E-state index contributed by atoms with van der Waals surface area (Å²) in [6.45, 7) is 6.43. The van der Waals surface area contributed by atoms with Crippen molar-refractivity contribution < 1.29 is 23.5 Å². The minimum atomic E-state index is -0.569. The first kappa shape index (κ1) is 21.1. The number of rotatable bonds is 7. The van der Waals surface area contributed by atoms with Crippen molar-refractivity contribution >= 4 is 23.3 Å². The molecule has 0 radical (unpaired) electrons. The molecule has 0 saturated carbocycles. The number of carbonyl (C=O) groups excluding carboxylic acids is 3. The second-order valence-electron chi connectivity index (χ2n) is 6.58. The zero-order valence-corrected chi connectivity index (χ0v) is 16.3. The molecule has 2 aromatic rings. The summed E-state index contributed by atoms with van der Waals surface area (Å²) in [6, 6.07) is 7.40. The Balaban J connectivity index is 1.88. The van der Waals surface area contributed by atoms with Gasteiger partial charge in [-0.25, -0.2) is 4.39 Å². The second kappa shape index (κ2) is 9.12. The summed E-state index contributed by atoms with van der Waals surface area (Å²) in [7, 11) is 0. The van der Waals surface area contributed by atoms with Crippen molar-refractivity contribution in [1.82, 2.24) is 5.32 Å². The predicted octanol–water partition coefficient (Wildman–Crippen LogP) is 3.09. The minimum Gasteiger partial charge on any atom is -0.483 e. The Hall–Kier alpha value is -3.22. The van der Waals surface area contributed by atoms with Crippen molar-refractivity contribution in [2.24, 2.45) is 0 Å². The average Bonchev–Trinajstić information content (AvgIpc) is 2.61. The maximum Gasteiger partial charge on any atom is 0.258 e. The highest BCUT2D eigenvalue weighted by atomic mass is 19.1. The molecule has 0 aromatic heterocycles. The van der Waals surface area contributed by atoms with E-state index in [1.807, 2.05) is 32.9 Å². The lowest BCUT2D eigenvalue weighted by atomic mass is 10.1. The van der Waals surface area contributed by atoms with E-state index in [0.29, 0.717) is 0 Å². The molecular formula is C21H23FN2O4. The molecule has 0 spiro atoms. The molecule has 2 aromatic carbocycles. The number of halogens is 1. The first-order valence-electron chi connectivity index (χ1n) is 8.75. The zero-order valence-electron chi connectivity index (χ0n) is 16.3. The van der Waals surface area contributed by atoms with Gasteiger partial charge in [-0.15, -0.1) is 0 Å². The van der Waals surface area contributed by atoms with Crippen molar-refractivity contribution in [2.45, 2.75) is 27.7 Å². The van der Waals surface area contributed by atoms with Crippen molar-refractivity contribution in [3.8, 4) is 5.75 Å². The van der Waals surface area contributed by atoms with Gasteiger partial charge in [-0.3, -0.25) is 14.4 Å². The second-order valence-corrected chi connectivity index (χ2v) is 6.58. The van der Waals surface area contributed by atoms with E-state index in [-0.39, 0.29) is 29.5 Å². The van der Waals surface area contributed by atoms with Crippen LogP contribution in [0.5, 0.6) is 5.75 Å². The first-order valence-corrected chi connectivity index (χ1v) is 8.75. The predicted molar refractivity (Wildman–Crippen MR) is 104 cm³/mol. The van der Waals surface area contributed by atoms with Gasteiger partial charge in [-0.1, -0.05) is 17.7 Å². The van der Waals surface area contributed by atoms with E-state index >= 15 is 0 Å². The highest BCUT2D eigenvalue weighted by Crippen LogP contribution is 2.22. The van der Waals surface area contributed by atoms with Gasteiger partial charge < -0.3 is 15.4 Å². The van der Waals surface area contributed by atoms with Crippen LogP contribution in [0.1, 0.15) is 34.0 Å². The number of nitrogens with one attached hydrogen (secondary N) is 2. The quantitative estimate of drug-likeness (QED) is 0.716. The molecule has 2 N–H and O–H groups in total. The van der Waals surface area contributed by atoms with E-state index in [1.54, 1.807) is 0 Å². The third kappa shape index (κ3) is 5.64. The fraction of sp³-hybridized carbons (Fsp3) is 0.286. The molecule has 0 unspecified atom stereocenters. The monoisotopic (exact) mass is 386 g/mol. The SMILES string of the molecule is CC(=O)c1cc(F)ccc1OCC(=O)NCC(=O)Nc1c(C)cc(C)cc1C. The molecule has 2 amide bonds. The highest BCUT2D eigenvalue weighted by molar-refractivity contribution is 5.97. The van der Waals surface area contributed by atoms with Gasteiger partial charge in [0.1, 0.15) is 11.6 Å². The van der Waals surface area contributed by atoms with Crippen LogP contribution in [0.15, 0.2) is 30.3 Å². The Morgan fingerprint density at radius 2 is 1.64 bits per heavy atom. The number of benzene rings is 2. The Kier molecular flexibility index (Phi) is 6.87. The maximum atomic E-state index is 13.2. The lowest BCUT2D eigenvalue weighted by molar-refractivity contribution is -0.125. The maximum absolute atomic E-state index is 13.2. The summed E-state index contributed by atoms with van der Waals surface area (Å²) in [4.78, 5) is 35.6. The van der Waals surface area contributed by atoms with Crippen molar-refractivity contribution in [2.75, 3.05) is 18.5 Å². The molecule has 0 aliphatic rings. The van der Waals surface area contributed by atoms with Crippen LogP contribution in [0.2, 0.25) is 0 Å². The molecule has 0 heterocycles. The van der Waals surface area contributed by atoms with Crippen LogP contribution in [0.3, 0.4) is 0 Å². The number of aryl methyl sites for hydroxylation is 3. The van der Waals surface area contributed by atoms with Crippen LogP contribution in [-0.2, 0) is 9.59 Å². The number of hydrogen-bond donors (Lipinski definition) is 2. The fourth-order valence-corrected chi connectivity index (χ4v) is 2.84. The molecule has 28 heavy (non-hydrogen) atoms. The standard InChI is InChI=1S/C21H23FN2O4/c1-12-7-13(2)21(14(3)8-12)24-19(26)10-23-20(27)11-28-18-6-5-16(22)9-17(18)15(4)25/h5-9H,10-11H2,1-4H3,(H,23,27)(H,24,26). The molecule has 0 atom stereocenters. The van der Waals surface area contributed by atoms with Crippen molar-refractivity contribution in [3.05, 3.63) is 58.4 Å². The third-order valence-corrected chi connectivity index (χ3v) is 4.07. The lowest BCUT2D eigenvalue weighted by Gasteiger charge is -2.13. The van der Waals surface area contributed by atoms with Gasteiger partial charge in [0.15, 0.2) is 12.4 Å². The number of carbonyl (C=O) groups is 3.